The van der Waals surface area contributed by atoms with Gasteiger partial charge in [0.2, 0.25) is 11.7 Å². The zero-order chi connectivity index (χ0) is 11.7. The van der Waals surface area contributed by atoms with Crippen molar-refractivity contribution < 1.29 is 13.3 Å². The summed E-state index contributed by atoms with van der Waals surface area (Å²) in [6.45, 7) is 0.0441. The van der Waals surface area contributed by atoms with Gasteiger partial charge in [0.25, 0.3) is 0 Å². The Morgan fingerprint density at radius 3 is 2.75 bits per heavy atom. The second kappa shape index (κ2) is 4.15. The standard InChI is InChI=1S/C9H6ClF2N3O/c10-8-5(1-4(11)2-6(8)12)9-14-7(3-13)16-15-9/h1-2H,3,13H2. The molecule has 0 radical (unpaired) electrons. The Balaban J connectivity index is 2.54. The van der Waals surface area contributed by atoms with Crippen LogP contribution in [0.3, 0.4) is 0 Å². The molecule has 1 aromatic heterocycles. The minimum atomic E-state index is -0.879. The van der Waals surface area contributed by atoms with E-state index in [4.69, 9.17) is 21.9 Å². The van der Waals surface area contributed by atoms with Gasteiger partial charge in [-0.25, -0.2) is 8.78 Å². The van der Waals surface area contributed by atoms with E-state index >= 15 is 0 Å². The molecule has 4 nitrogen and oxygen atoms in total. The van der Waals surface area contributed by atoms with Gasteiger partial charge < -0.3 is 10.3 Å². The Kier molecular flexibility index (Phi) is 2.84. The molecule has 0 aliphatic rings. The van der Waals surface area contributed by atoms with E-state index in [1.165, 1.54) is 0 Å². The maximum atomic E-state index is 13.1. The van der Waals surface area contributed by atoms with Crippen LogP contribution in [0.4, 0.5) is 8.78 Å². The molecule has 2 rings (SSSR count). The summed E-state index contributed by atoms with van der Waals surface area (Å²) in [5, 5.41) is 3.26. The predicted octanol–water partition coefficient (Wildman–Crippen LogP) is 2.13. The summed E-state index contributed by atoms with van der Waals surface area (Å²) in [5.41, 5.74) is 5.29. The second-order valence-electron chi connectivity index (χ2n) is 2.97. The molecule has 0 aliphatic carbocycles. The van der Waals surface area contributed by atoms with Crippen LogP contribution >= 0.6 is 11.6 Å². The van der Waals surface area contributed by atoms with E-state index in [9.17, 15) is 8.78 Å². The molecule has 1 heterocycles. The Bertz CT molecular complexity index is 529. The van der Waals surface area contributed by atoms with Crippen LogP contribution in [0.15, 0.2) is 16.7 Å². The maximum absolute atomic E-state index is 13.1. The number of aromatic nitrogens is 2. The summed E-state index contributed by atoms with van der Waals surface area (Å²) < 4.78 is 30.8. The molecule has 0 saturated carbocycles. The monoisotopic (exact) mass is 245 g/mol. The number of halogens is 3. The van der Waals surface area contributed by atoms with Crippen molar-refractivity contribution in [1.29, 1.82) is 0 Å². The Labute approximate surface area is 94.0 Å². The fourth-order valence-corrected chi connectivity index (χ4v) is 1.36. The minimum absolute atomic E-state index is 0.00356. The number of nitrogens with two attached hydrogens (primary N) is 1. The van der Waals surface area contributed by atoms with Crippen LogP contribution in [-0.4, -0.2) is 10.1 Å². The molecule has 2 aromatic rings. The van der Waals surface area contributed by atoms with Gasteiger partial charge >= 0.3 is 0 Å². The first-order chi connectivity index (χ1) is 7.61. The number of hydrogen-bond acceptors (Lipinski definition) is 4. The highest BCUT2D eigenvalue weighted by Crippen LogP contribution is 2.29. The van der Waals surface area contributed by atoms with Crippen LogP contribution in [0.1, 0.15) is 5.89 Å². The first-order valence-corrected chi connectivity index (χ1v) is 4.67. The lowest BCUT2D eigenvalue weighted by molar-refractivity contribution is 0.380. The smallest absolute Gasteiger partial charge is 0.240 e. The zero-order valence-corrected chi connectivity index (χ0v) is 8.63. The molecule has 7 heteroatoms. The summed E-state index contributed by atoms with van der Waals surface area (Å²) in [5.74, 6) is -1.48. The number of hydrogen-bond donors (Lipinski definition) is 1. The van der Waals surface area contributed by atoms with Crippen molar-refractivity contribution in [1.82, 2.24) is 10.1 Å². The Morgan fingerprint density at radius 1 is 1.38 bits per heavy atom. The molecule has 0 unspecified atom stereocenters. The highest BCUT2D eigenvalue weighted by atomic mass is 35.5. The molecular weight excluding hydrogens is 240 g/mol. The molecule has 0 saturated heterocycles. The summed E-state index contributed by atoms with van der Waals surface area (Å²) >= 11 is 5.66. The molecule has 0 spiro atoms. The molecule has 1 aromatic carbocycles. The van der Waals surface area contributed by atoms with Crippen molar-refractivity contribution >= 4 is 11.6 Å². The first-order valence-electron chi connectivity index (χ1n) is 4.29. The average Bonchev–Trinajstić information content (AvgIpc) is 2.71. The molecule has 0 atom stereocenters. The maximum Gasteiger partial charge on any atom is 0.240 e. The molecular formula is C9H6ClF2N3O. The third-order valence-electron chi connectivity index (χ3n) is 1.88. The van der Waals surface area contributed by atoms with Crippen LogP contribution in [0.25, 0.3) is 11.4 Å². The largest absolute Gasteiger partial charge is 0.338 e. The highest BCUT2D eigenvalue weighted by Gasteiger charge is 2.15. The SMILES string of the molecule is NCc1nc(-c2cc(F)cc(F)c2Cl)no1. The van der Waals surface area contributed by atoms with E-state index < -0.39 is 11.6 Å². The quantitative estimate of drug-likeness (QED) is 0.823. The topological polar surface area (TPSA) is 64.9 Å². The second-order valence-corrected chi connectivity index (χ2v) is 3.34. The van der Waals surface area contributed by atoms with Gasteiger partial charge in [0.15, 0.2) is 0 Å². The van der Waals surface area contributed by atoms with Crippen LogP contribution in [0, 0.1) is 11.6 Å². The molecule has 0 fully saturated rings. The van der Waals surface area contributed by atoms with Gasteiger partial charge in [-0.05, 0) is 6.07 Å². The lowest BCUT2D eigenvalue weighted by Gasteiger charge is -2.00. The molecule has 16 heavy (non-hydrogen) atoms. The van der Waals surface area contributed by atoms with Gasteiger partial charge in [-0.1, -0.05) is 16.8 Å². The number of rotatable bonds is 2. The van der Waals surface area contributed by atoms with Crippen molar-refractivity contribution in [3.63, 3.8) is 0 Å². The minimum Gasteiger partial charge on any atom is -0.338 e. The van der Waals surface area contributed by atoms with E-state index in [1.54, 1.807) is 0 Å². The zero-order valence-electron chi connectivity index (χ0n) is 7.88. The Morgan fingerprint density at radius 2 is 2.12 bits per heavy atom. The van der Waals surface area contributed by atoms with Gasteiger partial charge in [-0.15, -0.1) is 0 Å². The number of benzene rings is 1. The van der Waals surface area contributed by atoms with Crippen LogP contribution < -0.4 is 5.73 Å². The fourth-order valence-electron chi connectivity index (χ4n) is 1.17. The van der Waals surface area contributed by atoms with Gasteiger partial charge in [-0.3, -0.25) is 0 Å². The Hall–Kier alpha value is -1.53. The van der Waals surface area contributed by atoms with Crippen molar-refractivity contribution in [2.45, 2.75) is 6.54 Å². The van der Waals surface area contributed by atoms with Crippen molar-refractivity contribution in [3.8, 4) is 11.4 Å². The van der Waals surface area contributed by atoms with Gasteiger partial charge in [0.1, 0.15) is 11.6 Å². The summed E-state index contributed by atoms with van der Waals surface area (Å²) in [6, 6.07) is 1.70. The summed E-state index contributed by atoms with van der Waals surface area (Å²) in [7, 11) is 0. The summed E-state index contributed by atoms with van der Waals surface area (Å²) in [6.07, 6.45) is 0. The first kappa shape index (κ1) is 11.0. The normalized spacial score (nSPS) is 10.8. The van der Waals surface area contributed by atoms with E-state index in [0.717, 1.165) is 6.07 Å². The number of nitrogens with zero attached hydrogens (tertiary/aromatic N) is 2. The van der Waals surface area contributed by atoms with Crippen molar-refractivity contribution in [2.75, 3.05) is 0 Å². The predicted molar refractivity (Wildman–Crippen MR) is 52.6 cm³/mol. The average molecular weight is 246 g/mol. The van der Waals surface area contributed by atoms with E-state index in [-0.39, 0.29) is 28.8 Å². The van der Waals surface area contributed by atoms with Crippen molar-refractivity contribution in [2.24, 2.45) is 5.73 Å². The summed E-state index contributed by atoms with van der Waals surface area (Å²) in [4.78, 5) is 3.82. The van der Waals surface area contributed by atoms with Crippen LogP contribution in [0.5, 0.6) is 0 Å². The molecule has 84 valence electrons. The van der Waals surface area contributed by atoms with E-state index in [1.807, 2.05) is 0 Å². The molecule has 0 amide bonds. The highest BCUT2D eigenvalue weighted by molar-refractivity contribution is 6.33. The van der Waals surface area contributed by atoms with Crippen molar-refractivity contribution in [3.05, 3.63) is 34.7 Å². The van der Waals surface area contributed by atoms with Crippen LogP contribution in [-0.2, 0) is 6.54 Å². The van der Waals surface area contributed by atoms with Gasteiger partial charge in [0.05, 0.1) is 11.6 Å². The fraction of sp³-hybridized carbons (Fsp3) is 0.111. The van der Waals surface area contributed by atoms with Gasteiger partial charge in [-0.2, -0.15) is 4.98 Å². The lowest BCUT2D eigenvalue weighted by Crippen LogP contribution is -1.96. The van der Waals surface area contributed by atoms with E-state index in [0.29, 0.717) is 6.07 Å². The third kappa shape index (κ3) is 1.89. The lowest BCUT2D eigenvalue weighted by atomic mass is 10.2. The molecule has 0 bridgehead atoms. The van der Waals surface area contributed by atoms with Gasteiger partial charge in [0, 0.05) is 11.6 Å². The molecule has 2 N–H and O–H groups in total. The third-order valence-corrected chi connectivity index (χ3v) is 2.26. The molecule has 0 aliphatic heterocycles. The van der Waals surface area contributed by atoms with Crippen LogP contribution in [0.2, 0.25) is 5.02 Å². The van der Waals surface area contributed by atoms with E-state index in [2.05, 4.69) is 10.1 Å².